The number of amides is 2. The van der Waals surface area contributed by atoms with Crippen LogP contribution in [0.4, 0.5) is 10.5 Å². The van der Waals surface area contributed by atoms with Crippen molar-refractivity contribution in [2.75, 3.05) is 5.32 Å². The highest BCUT2D eigenvalue weighted by atomic mass is 16.4. The number of carboxylic acids is 1. The summed E-state index contributed by atoms with van der Waals surface area (Å²) in [4.78, 5) is 31.1. The zero-order valence-corrected chi connectivity index (χ0v) is 12.0. The number of aryl methyl sites for hydroxylation is 2. The topological polar surface area (TPSA) is 104 Å². The molecule has 2 aromatic rings. The maximum absolute atomic E-state index is 11.7. The lowest BCUT2D eigenvalue weighted by atomic mass is 10.2. The van der Waals surface area contributed by atoms with Crippen LogP contribution in [0.25, 0.3) is 11.0 Å². The summed E-state index contributed by atoms with van der Waals surface area (Å²) < 4.78 is 0. The van der Waals surface area contributed by atoms with E-state index in [1.807, 2.05) is 13.8 Å². The van der Waals surface area contributed by atoms with E-state index in [2.05, 4.69) is 20.6 Å². The lowest BCUT2D eigenvalue weighted by Crippen LogP contribution is -2.40. The van der Waals surface area contributed by atoms with Gasteiger partial charge < -0.3 is 15.7 Å². The number of hydrogen-bond donors (Lipinski definition) is 3. The van der Waals surface area contributed by atoms with E-state index in [-0.39, 0.29) is 0 Å². The fourth-order valence-corrected chi connectivity index (χ4v) is 1.73. The molecule has 1 unspecified atom stereocenters. The van der Waals surface area contributed by atoms with Crippen molar-refractivity contribution in [3.63, 3.8) is 0 Å². The van der Waals surface area contributed by atoms with Gasteiger partial charge in [-0.2, -0.15) is 0 Å². The van der Waals surface area contributed by atoms with E-state index in [1.165, 1.54) is 6.92 Å². The minimum absolute atomic E-state index is 0.523. The molecule has 0 saturated carbocycles. The number of hydrogen-bond acceptors (Lipinski definition) is 4. The number of urea groups is 1. The average Bonchev–Trinajstić information content (AvgIpc) is 2.40. The first-order chi connectivity index (χ1) is 9.86. The van der Waals surface area contributed by atoms with Crippen LogP contribution in [0.5, 0.6) is 0 Å². The van der Waals surface area contributed by atoms with Crippen molar-refractivity contribution in [2.45, 2.75) is 26.8 Å². The fourth-order valence-electron chi connectivity index (χ4n) is 1.73. The monoisotopic (exact) mass is 288 g/mol. The van der Waals surface area contributed by atoms with Gasteiger partial charge >= 0.3 is 12.0 Å². The third-order valence-electron chi connectivity index (χ3n) is 3.05. The van der Waals surface area contributed by atoms with Gasteiger partial charge in [-0.3, -0.25) is 4.79 Å². The Kier molecular flexibility index (Phi) is 4.02. The van der Waals surface area contributed by atoms with Crippen LogP contribution in [-0.2, 0) is 4.79 Å². The quantitative estimate of drug-likeness (QED) is 0.799. The maximum atomic E-state index is 11.7. The number of aliphatic carboxylic acids is 1. The number of carbonyl (C=O) groups excluding carboxylic acids is 1. The molecule has 21 heavy (non-hydrogen) atoms. The number of nitrogens with zero attached hydrogens (tertiary/aromatic N) is 2. The Morgan fingerprint density at radius 2 is 1.76 bits per heavy atom. The summed E-state index contributed by atoms with van der Waals surface area (Å²) >= 11 is 0. The summed E-state index contributed by atoms with van der Waals surface area (Å²) in [5, 5.41) is 13.6. The Hall–Kier alpha value is -2.70. The molecule has 2 rings (SSSR count). The second-order valence-corrected chi connectivity index (χ2v) is 4.76. The summed E-state index contributed by atoms with van der Waals surface area (Å²) in [7, 11) is 0. The summed E-state index contributed by atoms with van der Waals surface area (Å²) in [6.45, 7) is 5.14. The molecule has 3 N–H and O–H groups in total. The first-order valence-corrected chi connectivity index (χ1v) is 6.42. The summed E-state index contributed by atoms with van der Waals surface area (Å²) in [6, 6.07) is 3.60. The standard InChI is InChI=1S/C14H16N4O3/c1-7-8(2)16-12-6-10(4-5-11(12)15-7)18-14(21)17-9(3)13(19)20/h4-6,9H,1-3H3,(H,19,20)(H2,17,18,21). The van der Waals surface area contributed by atoms with Gasteiger partial charge in [-0.1, -0.05) is 0 Å². The molecular weight excluding hydrogens is 272 g/mol. The SMILES string of the molecule is Cc1nc2ccc(NC(=O)NC(C)C(=O)O)cc2nc1C. The van der Waals surface area contributed by atoms with E-state index < -0.39 is 18.0 Å². The molecule has 0 aliphatic rings. The van der Waals surface area contributed by atoms with Crippen LogP contribution in [0.2, 0.25) is 0 Å². The molecular formula is C14H16N4O3. The molecule has 7 nitrogen and oxygen atoms in total. The van der Waals surface area contributed by atoms with Crippen LogP contribution in [0.15, 0.2) is 18.2 Å². The zero-order valence-electron chi connectivity index (χ0n) is 12.0. The minimum Gasteiger partial charge on any atom is -0.480 e. The van der Waals surface area contributed by atoms with Gasteiger partial charge in [0.25, 0.3) is 0 Å². The summed E-state index contributed by atoms with van der Waals surface area (Å²) in [6.07, 6.45) is 0. The Morgan fingerprint density at radius 1 is 1.14 bits per heavy atom. The highest BCUT2D eigenvalue weighted by Gasteiger charge is 2.14. The molecule has 0 saturated heterocycles. The van der Waals surface area contributed by atoms with Crippen molar-refractivity contribution >= 4 is 28.7 Å². The zero-order chi connectivity index (χ0) is 15.6. The third kappa shape index (κ3) is 3.44. The second-order valence-electron chi connectivity index (χ2n) is 4.76. The molecule has 0 spiro atoms. The smallest absolute Gasteiger partial charge is 0.325 e. The second kappa shape index (κ2) is 5.74. The lowest BCUT2D eigenvalue weighted by molar-refractivity contribution is -0.138. The molecule has 2 amide bonds. The van der Waals surface area contributed by atoms with Gasteiger partial charge in [-0.25, -0.2) is 14.8 Å². The van der Waals surface area contributed by atoms with Gasteiger partial charge in [-0.05, 0) is 39.0 Å². The number of benzene rings is 1. The number of anilines is 1. The number of fused-ring (bicyclic) bond motifs is 1. The van der Waals surface area contributed by atoms with E-state index in [9.17, 15) is 9.59 Å². The van der Waals surface area contributed by atoms with Gasteiger partial charge in [0, 0.05) is 5.69 Å². The molecule has 0 aliphatic heterocycles. The molecule has 7 heteroatoms. The van der Waals surface area contributed by atoms with Crippen LogP contribution in [0, 0.1) is 13.8 Å². The fraction of sp³-hybridized carbons (Fsp3) is 0.286. The van der Waals surface area contributed by atoms with Crippen LogP contribution in [-0.4, -0.2) is 33.1 Å². The van der Waals surface area contributed by atoms with Gasteiger partial charge in [0.15, 0.2) is 0 Å². The number of rotatable bonds is 3. The lowest BCUT2D eigenvalue weighted by Gasteiger charge is -2.11. The van der Waals surface area contributed by atoms with Gasteiger partial charge in [0.2, 0.25) is 0 Å². The third-order valence-corrected chi connectivity index (χ3v) is 3.05. The number of nitrogens with one attached hydrogen (secondary N) is 2. The van der Waals surface area contributed by atoms with Crippen molar-refractivity contribution < 1.29 is 14.7 Å². The first-order valence-electron chi connectivity index (χ1n) is 6.42. The largest absolute Gasteiger partial charge is 0.480 e. The predicted molar refractivity (Wildman–Crippen MR) is 78.3 cm³/mol. The normalized spacial score (nSPS) is 12.0. The van der Waals surface area contributed by atoms with E-state index in [4.69, 9.17) is 5.11 Å². The van der Waals surface area contributed by atoms with Crippen LogP contribution in [0.1, 0.15) is 18.3 Å². The van der Waals surface area contributed by atoms with E-state index in [1.54, 1.807) is 18.2 Å². The van der Waals surface area contributed by atoms with Gasteiger partial charge in [-0.15, -0.1) is 0 Å². The number of carbonyl (C=O) groups is 2. The number of carboxylic acid groups (broad SMARTS) is 1. The Balaban J connectivity index is 2.18. The van der Waals surface area contributed by atoms with Gasteiger partial charge in [0.1, 0.15) is 6.04 Å². The molecule has 1 heterocycles. The van der Waals surface area contributed by atoms with Crippen LogP contribution in [0.3, 0.4) is 0 Å². The van der Waals surface area contributed by atoms with Crippen molar-refractivity contribution in [2.24, 2.45) is 0 Å². The molecule has 0 aliphatic carbocycles. The summed E-state index contributed by atoms with van der Waals surface area (Å²) in [5.74, 6) is -1.10. The molecule has 1 atom stereocenters. The van der Waals surface area contributed by atoms with E-state index in [0.717, 1.165) is 16.9 Å². The average molecular weight is 288 g/mol. The van der Waals surface area contributed by atoms with Crippen molar-refractivity contribution in [3.05, 3.63) is 29.6 Å². The van der Waals surface area contributed by atoms with Crippen LogP contribution >= 0.6 is 0 Å². The number of aromatic nitrogens is 2. The highest BCUT2D eigenvalue weighted by Crippen LogP contribution is 2.17. The Morgan fingerprint density at radius 3 is 2.38 bits per heavy atom. The Labute approximate surface area is 121 Å². The van der Waals surface area contributed by atoms with Crippen molar-refractivity contribution in [1.29, 1.82) is 0 Å². The molecule has 0 radical (unpaired) electrons. The van der Waals surface area contributed by atoms with Crippen LogP contribution < -0.4 is 10.6 Å². The van der Waals surface area contributed by atoms with Gasteiger partial charge in [0.05, 0.1) is 22.4 Å². The van der Waals surface area contributed by atoms with E-state index in [0.29, 0.717) is 11.2 Å². The van der Waals surface area contributed by atoms with Crippen molar-refractivity contribution in [3.8, 4) is 0 Å². The predicted octanol–water partition coefficient (Wildman–Crippen LogP) is 1.84. The molecule has 1 aromatic heterocycles. The maximum Gasteiger partial charge on any atom is 0.325 e. The van der Waals surface area contributed by atoms with E-state index >= 15 is 0 Å². The highest BCUT2D eigenvalue weighted by molar-refractivity contribution is 5.93. The Bertz CT molecular complexity index is 715. The first kappa shape index (κ1) is 14.7. The molecule has 0 fully saturated rings. The molecule has 110 valence electrons. The minimum atomic E-state index is -1.10. The van der Waals surface area contributed by atoms with Crippen molar-refractivity contribution in [1.82, 2.24) is 15.3 Å². The molecule has 0 bridgehead atoms. The molecule has 1 aromatic carbocycles. The summed E-state index contributed by atoms with van der Waals surface area (Å²) in [5.41, 5.74) is 3.61.